The van der Waals surface area contributed by atoms with Crippen molar-refractivity contribution in [2.24, 2.45) is 17.8 Å². The largest absolute Gasteiger partial charge is 0.342 e. The van der Waals surface area contributed by atoms with E-state index in [4.69, 9.17) is 23.2 Å². The van der Waals surface area contributed by atoms with Crippen LogP contribution in [0, 0.1) is 17.8 Å². The summed E-state index contributed by atoms with van der Waals surface area (Å²) in [6, 6.07) is 8.22. The molecule has 0 bridgehead atoms. The number of carbonyl (C=O) groups excluding carboxylic acids is 1. The summed E-state index contributed by atoms with van der Waals surface area (Å²) in [5, 5.41) is 0.795. The van der Waals surface area contributed by atoms with Gasteiger partial charge in [0.15, 0.2) is 0 Å². The highest BCUT2D eigenvalue weighted by molar-refractivity contribution is 6.30. The summed E-state index contributed by atoms with van der Waals surface area (Å²) in [5.74, 6) is 2.69. The number of likely N-dealkylation sites (tertiary alicyclic amines) is 1. The van der Waals surface area contributed by atoms with Crippen molar-refractivity contribution in [2.45, 2.75) is 32.1 Å². The van der Waals surface area contributed by atoms with Gasteiger partial charge in [-0.1, -0.05) is 30.2 Å². The second-order valence-electron chi connectivity index (χ2n) is 6.68. The molecular formula is C18H23Cl2NO. The van der Waals surface area contributed by atoms with Gasteiger partial charge in [-0.25, -0.2) is 0 Å². The molecular weight excluding hydrogens is 317 g/mol. The van der Waals surface area contributed by atoms with Crippen molar-refractivity contribution in [3.05, 3.63) is 34.9 Å². The van der Waals surface area contributed by atoms with E-state index in [0.717, 1.165) is 24.5 Å². The minimum Gasteiger partial charge on any atom is -0.342 e. The Balaban J connectivity index is 1.65. The average Bonchev–Trinajstić information content (AvgIpc) is 2.95. The minimum absolute atomic E-state index is 0.231. The maximum atomic E-state index is 12.1. The first-order valence-electron chi connectivity index (χ1n) is 8.25. The van der Waals surface area contributed by atoms with Crippen LogP contribution < -0.4 is 0 Å². The van der Waals surface area contributed by atoms with E-state index < -0.39 is 0 Å². The number of benzene rings is 1. The van der Waals surface area contributed by atoms with Crippen LogP contribution in [-0.2, 0) is 11.2 Å². The van der Waals surface area contributed by atoms with Crippen molar-refractivity contribution in [2.75, 3.05) is 19.0 Å². The fraction of sp³-hybridized carbons (Fsp3) is 0.611. The molecule has 22 heavy (non-hydrogen) atoms. The molecule has 1 aromatic carbocycles. The molecule has 0 unspecified atom stereocenters. The molecule has 0 radical (unpaired) electrons. The quantitative estimate of drug-likeness (QED) is 0.745. The van der Waals surface area contributed by atoms with E-state index in [1.165, 1.54) is 24.8 Å². The van der Waals surface area contributed by atoms with Gasteiger partial charge in [-0.2, -0.15) is 0 Å². The third-order valence-corrected chi connectivity index (χ3v) is 5.76. The predicted octanol–water partition coefficient (Wildman–Crippen LogP) is 4.39. The van der Waals surface area contributed by atoms with Crippen LogP contribution in [0.15, 0.2) is 24.3 Å². The third-order valence-electron chi connectivity index (χ3n) is 5.32. The highest BCUT2D eigenvalue weighted by atomic mass is 35.5. The summed E-state index contributed by atoms with van der Waals surface area (Å²) < 4.78 is 0. The van der Waals surface area contributed by atoms with Crippen LogP contribution in [-0.4, -0.2) is 29.8 Å². The fourth-order valence-electron chi connectivity index (χ4n) is 4.21. The Hall–Kier alpha value is -0.730. The van der Waals surface area contributed by atoms with E-state index in [9.17, 15) is 4.79 Å². The zero-order chi connectivity index (χ0) is 15.5. The van der Waals surface area contributed by atoms with Crippen LogP contribution in [0.4, 0.5) is 0 Å². The molecule has 2 nitrogen and oxygen atoms in total. The Morgan fingerprint density at radius 1 is 1.18 bits per heavy atom. The Bertz CT molecular complexity index is 516. The van der Waals surface area contributed by atoms with Crippen molar-refractivity contribution < 1.29 is 4.79 Å². The number of nitrogens with zero attached hydrogens (tertiary/aromatic N) is 1. The van der Waals surface area contributed by atoms with Gasteiger partial charge in [0.25, 0.3) is 0 Å². The van der Waals surface area contributed by atoms with Gasteiger partial charge in [0, 0.05) is 30.4 Å². The SMILES string of the molecule is O=C(CCCl)N1C[C@H]2CCC[C@H](Cc3ccc(Cl)cc3)[C@H]2C1. The number of alkyl halides is 1. The lowest BCUT2D eigenvalue weighted by Gasteiger charge is -2.33. The van der Waals surface area contributed by atoms with E-state index in [-0.39, 0.29) is 5.91 Å². The predicted molar refractivity (Wildman–Crippen MR) is 91.4 cm³/mol. The molecule has 1 saturated carbocycles. The Labute approximate surface area is 142 Å². The van der Waals surface area contributed by atoms with Gasteiger partial charge in [0.2, 0.25) is 5.91 Å². The molecule has 120 valence electrons. The number of hydrogen-bond donors (Lipinski definition) is 0. The molecule has 0 spiro atoms. The lowest BCUT2D eigenvalue weighted by molar-refractivity contribution is -0.130. The molecule has 3 atom stereocenters. The lowest BCUT2D eigenvalue weighted by Crippen LogP contribution is -2.30. The summed E-state index contributed by atoms with van der Waals surface area (Å²) in [6.45, 7) is 1.87. The van der Waals surface area contributed by atoms with E-state index in [2.05, 4.69) is 17.0 Å². The van der Waals surface area contributed by atoms with E-state index in [1.807, 2.05) is 12.1 Å². The molecule has 4 heteroatoms. The molecule has 0 aromatic heterocycles. The van der Waals surface area contributed by atoms with Gasteiger partial charge in [-0.3, -0.25) is 4.79 Å². The first kappa shape index (κ1) is 16.1. The molecule has 1 aliphatic heterocycles. The maximum Gasteiger partial charge on any atom is 0.223 e. The zero-order valence-electron chi connectivity index (χ0n) is 12.8. The first-order chi connectivity index (χ1) is 10.7. The Kier molecular flexibility index (Phi) is 5.30. The molecule has 2 aliphatic rings. The van der Waals surface area contributed by atoms with E-state index >= 15 is 0 Å². The van der Waals surface area contributed by atoms with Crippen molar-refractivity contribution in [1.82, 2.24) is 4.90 Å². The van der Waals surface area contributed by atoms with Gasteiger partial charge in [-0.05, 0) is 54.7 Å². The Morgan fingerprint density at radius 3 is 2.68 bits per heavy atom. The summed E-state index contributed by atoms with van der Waals surface area (Å²) >= 11 is 11.7. The molecule has 1 aliphatic carbocycles. The molecule has 1 aromatic rings. The molecule has 0 N–H and O–H groups in total. The molecule has 2 fully saturated rings. The molecule has 1 saturated heterocycles. The summed E-state index contributed by atoms with van der Waals surface area (Å²) in [6.07, 6.45) is 5.42. The van der Waals surface area contributed by atoms with Gasteiger partial charge in [0.1, 0.15) is 0 Å². The second-order valence-corrected chi connectivity index (χ2v) is 7.50. The van der Waals surface area contributed by atoms with Gasteiger partial charge < -0.3 is 4.90 Å². The summed E-state index contributed by atoms with van der Waals surface area (Å²) in [5.41, 5.74) is 1.36. The van der Waals surface area contributed by atoms with Gasteiger partial charge in [-0.15, -0.1) is 11.6 Å². The summed E-state index contributed by atoms with van der Waals surface area (Å²) in [7, 11) is 0. The van der Waals surface area contributed by atoms with Crippen LogP contribution >= 0.6 is 23.2 Å². The van der Waals surface area contributed by atoms with Crippen molar-refractivity contribution >= 4 is 29.1 Å². The second kappa shape index (κ2) is 7.23. The first-order valence-corrected chi connectivity index (χ1v) is 9.17. The number of carbonyl (C=O) groups is 1. The lowest BCUT2D eigenvalue weighted by atomic mass is 9.71. The number of halogens is 2. The highest BCUT2D eigenvalue weighted by Crippen LogP contribution is 2.41. The van der Waals surface area contributed by atoms with Crippen LogP contribution in [0.25, 0.3) is 0 Å². The standard InChI is InChI=1S/C18H23Cl2NO/c19-9-8-18(22)21-11-15-3-1-2-14(17(15)12-21)10-13-4-6-16(20)7-5-13/h4-7,14-15,17H,1-3,8-12H2/t14-,15-,17-/m1/s1. The molecule has 1 amide bonds. The fourth-order valence-corrected chi connectivity index (χ4v) is 4.50. The monoisotopic (exact) mass is 339 g/mol. The maximum absolute atomic E-state index is 12.1. The zero-order valence-corrected chi connectivity index (χ0v) is 14.3. The van der Waals surface area contributed by atoms with Gasteiger partial charge in [0.05, 0.1) is 0 Å². The smallest absolute Gasteiger partial charge is 0.223 e. The highest BCUT2D eigenvalue weighted by Gasteiger charge is 2.41. The van der Waals surface area contributed by atoms with Crippen molar-refractivity contribution in [3.63, 3.8) is 0 Å². The molecule has 3 rings (SSSR count). The van der Waals surface area contributed by atoms with Crippen molar-refractivity contribution in [1.29, 1.82) is 0 Å². The number of rotatable bonds is 4. The van der Waals surface area contributed by atoms with Gasteiger partial charge >= 0.3 is 0 Å². The summed E-state index contributed by atoms with van der Waals surface area (Å²) in [4.78, 5) is 14.2. The topological polar surface area (TPSA) is 20.3 Å². The van der Waals surface area contributed by atoms with Crippen LogP contribution in [0.5, 0.6) is 0 Å². The number of amides is 1. The van der Waals surface area contributed by atoms with Crippen LogP contribution in [0.1, 0.15) is 31.2 Å². The normalized spacial score (nSPS) is 27.7. The van der Waals surface area contributed by atoms with Crippen LogP contribution in [0.2, 0.25) is 5.02 Å². The third kappa shape index (κ3) is 3.60. The average molecular weight is 340 g/mol. The number of fused-ring (bicyclic) bond motifs is 1. The van der Waals surface area contributed by atoms with E-state index in [0.29, 0.717) is 30.1 Å². The van der Waals surface area contributed by atoms with Crippen molar-refractivity contribution in [3.8, 4) is 0 Å². The molecule has 1 heterocycles. The Morgan fingerprint density at radius 2 is 1.95 bits per heavy atom. The minimum atomic E-state index is 0.231. The number of hydrogen-bond acceptors (Lipinski definition) is 1. The van der Waals surface area contributed by atoms with E-state index in [1.54, 1.807) is 0 Å². The van der Waals surface area contributed by atoms with Crippen LogP contribution in [0.3, 0.4) is 0 Å².